The van der Waals surface area contributed by atoms with Gasteiger partial charge in [-0.15, -0.1) is 0 Å². The highest BCUT2D eigenvalue weighted by Crippen LogP contribution is 2.18. The number of hydrogen-bond donors (Lipinski definition) is 2. The SMILES string of the molecule is OC1CCN(C(=S)[C@H]2CCNC2)CC1. The minimum Gasteiger partial charge on any atom is -0.393 e. The average molecular weight is 214 g/mol. The van der Waals surface area contributed by atoms with E-state index in [1.54, 1.807) is 0 Å². The Morgan fingerprint density at radius 1 is 1.29 bits per heavy atom. The van der Waals surface area contributed by atoms with Crippen LogP contribution in [-0.2, 0) is 0 Å². The van der Waals surface area contributed by atoms with Crippen LogP contribution in [0.5, 0.6) is 0 Å². The third-order valence-electron chi connectivity index (χ3n) is 3.19. The Kier molecular flexibility index (Phi) is 3.36. The van der Waals surface area contributed by atoms with Crippen LogP contribution in [-0.4, -0.2) is 47.3 Å². The van der Waals surface area contributed by atoms with Gasteiger partial charge in [-0.25, -0.2) is 0 Å². The van der Waals surface area contributed by atoms with Gasteiger partial charge in [0.15, 0.2) is 0 Å². The number of rotatable bonds is 1. The Labute approximate surface area is 90.5 Å². The van der Waals surface area contributed by atoms with Gasteiger partial charge in [0, 0.05) is 25.6 Å². The first-order chi connectivity index (χ1) is 6.77. The van der Waals surface area contributed by atoms with Crippen LogP contribution in [0.1, 0.15) is 19.3 Å². The van der Waals surface area contributed by atoms with Crippen molar-refractivity contribution in [2.45, 2.75) is 25.4 Å². The lowest BCUT2D eigenvalue weighted by atomic mass is 10.0. The third kappa shape index (κ3) is 2.24. The molecule has 14 heavy (non-hydrogen) atoms. The molecule has 3 nitrogen and oxygen atoms in total. The fraction of sp³-hybridized carbons (Fsp3) is 0.900. The number of nitrogens with zero attached hydrogens (tertiary/aromatic N) is 1. The molecular formula is C10H18N2OS. The molecule has 0 aliphatic carbocycles. The lowest BCUT2D eigenvalue weighted by Gasteiger charge is -2.33. The lowest BCUT2D eigenvalue weighted by molar-refractivity contribution is 0.108. The highest BCUT2D eigenvalue weighted by molar-refractivity contribution is 7.80. The van der Waals surface area contributed by atoms with E-state index in [4.69, 9.17) is 12.2 Å². The standard InChI is InChI=1S/C10H18N2OS/c13-9-2-5-12(6-3-9)10(14)8-1-4-11-7-8/h8-9,11,13H,1-7H2/t8-/m0/s1. The second-order valence-corrected chi connectivity index (χ2v) is 4.66. The average Bonchev–Trinajstić information content (AvgIpc) is 2.71. The molecule has 0 unspecified atom stereocenters. The van der Waals surface area contributed by atoms with Gasteiger partial charge in [0.1, 0.15) is 0 Å². The van der Waals surface area contributed by atoms with Gasteiger partial charge in [-0.1, -0.05) is 12.2 Å². The topological polar surface area (TPSA) is 35.5 Å². The van der Waals surface area contributed by atoms with Gasteiger partial charge in [0.05, 0.1) is 11.1 Å². The highest BCUT2D eigenvalue weighted by Gasteiger charge is 2.26. The predicted octanol–water partition coefficient (Wildman–Crippen LogP) is 0.380. The Morgan fingerprint density at radius 2 is 2.00 bits per heavy atom. The summed E-state index contributed by atoms with van der Waals surface area (Å²) in [5, 5.41) is 12.7. The van der Waals surface area contributed by atoms with E-state index in [0.717, 1.165) is 44.0 Å². The molecule has 0 radical (unpaired) electrons. The van der Waals surface area contributed by atoms with Gasteiger partial charge >= 0.3 is 0 Å². The molecule has 0 bridgehead atoms. The van der Waals surface area contributed by atoms with E-state index in [1.165, 1.54) is 6.42 Å². The van der Waals surface area contributed by atoms with Crippen LogP contribution in [0, 0.1) is 5.92 Å². The number of piperidine rings is 1. The molecule has 2 N–H and O–H groups in total. The fourth-order valence-corrected chi connectivity index (χ4v) is 2.59. The van der Waals surface area contributed by atoms with Crippen LogP contribution in [0.25, 0.3) is 0 Å². The van der Waals surface area contributed by atoms with Crippen LogP contribution in [0.2, 0.25) is 0 Å². The van der Waals surface area contributed by atoms with Gasteiger partial charge in [-0.05, 0) is 25.8 Å². The van der Waals surface area contributed by atoms with E-state index in [1.807, 2.05) is 0 Å². The van der Waals surface area contributed by atoms with Gasteiger partial charge < -0.3 is 15.3 Å². The van der Waals surface area contributed by atoms with Crippen molar-refractivity contribution in [3.05, 3.63) is 0 Å². The number of likely N-dealkylation sites (tertiary alicyclic amines) is 1. The zero-order chi connectivity index (χ0) is 9.97. The summed E-state index contributed by atoms with van der Waals surface area (Å²) in [5.74, 6) is 0.556. The monoisotopic (exact) mass is 214 g/mol. The summed E-state index contributed by atoms with van der Waals surface area (Å²) in [6, 6.07) is 0. The van der Waals surface area contributed by atoms with E-state index in [-0.39, 0.29) is 6.10 Å². The van der Waals surface area contributed by atoms with Crippen molar-refractivity contribution in [1.29, 1.82) is 0 Å². The smallest absolute Gasteiger partial charge is 0.0823 e. The van der Waals surface area contributed by atoms with Crippen LogP contribution < -0.4 is 5.32 Å². The van der Waals surface area contributed by atoms with Gasteiger partial charge in [-0.3, -0.25) is 0 Å². The van der Waals surface area contributed by atoms with E-state index < -0.39 is 0 Å². The summed E-state index contributed by atoms with van der Waals surface area (Å²) in [6.45, 7) is 4.02. The van der Waals surface area contributed by atoms with Gasteiger partial charge in [0.2, 0.25) is 0 Å². The molecule has 1 atom stereocenters. The quantitative estimate of drug-likeness (QED) is 0.619. The number of hydrogen-bond acceptors (Lipinski definition) is 3. The summed E-state index contributed by atoms with van der Waals surface area (Å²) in [5.41, 5.74) is 0. The summed E-state index contributed by atoms with van der Waals surface area (Å²) in [7, 11) is 0. The van der Waals surface area contributed by atoms with Crippen molar-refractivity contribution in [1.82, 2.24) is 10.2 Å². The first-order valence-corrected chi connectivity index (χ1v) is 5.86. The van der Waals surface area contributed by atoms with Crippen molar-refractivity contribution in [3.8, 4) is 0 Å². The van der Waals surface area contributed by atoms with Crippen LogP contribution in [0.3, 0.4) is 0 Å². The Hall–Kier alpha value is -0.190. The van der Waals surface area contributed by atoms with E-state index >= 15 is 0 Å². The normalized spacial score (nSPS) is 29.5. The molecule has 0 amide bonds. The first-order valence-electron chi connectivity index (χ1n) is 5.45. The minimum absolute atomic E-state index is 0.101. The lowest BCUT2D eigenvalue weighted by Crippen LogP contribution is -2.42. The molecule has 2 heterocycles. The summed E-state index contributed by atoms with van der Waals surface area (Å²) in [6.07, 6.45) is 2.83. The largest absolute Gasteiger partial charge is 0.393 e. The highest BCUT2D eigenvalue weighted by atomic mass is 32.1. The molecule has 2 saturated heterocycles. The molecule has 2 aliphatic rings. The Balaban J connectivity index is 1.85. The molecule has 0 spiro atoms. The third-order valence-corrected chi connectivity index (χ3v) is 3.78. The number of nitrogens with one attached hydrogen (secondary N) is 1. The molecule has 0 aromatic carbocycles. The van der Waals surface area contributed by atoms with Crippen LogP contribution in [0.4, 0.5) is 0 Å². The molecule has 2 rings (SSSR count). The zero-order valence-corrected chi connectivity index (χ0v) is 9.22. The Bertz CT molecular complexity index is 208. The van der Waals surface area contributed by atoms with E-state index in [0.29, 0.717) is 5.92 Å². The maximum absolute atomic E-state index is 9.39. The van der Waals surface area contributed by atoms with E-state index in [2.05, 4.69) is 10.2 Å². The van der Waals surface area contributed by atoms with E-state index in [9.17, 15) is 5.11 Å². The molecule has 2 fully saturated rings. The van der Waals surface area contributed by atoms with Crippen LogP contribution in [0.15, 0.2) is 0 Å². The van der Waals surface area contributed by atoms with Crippen LogP contribution >= 0.6 is 12.2 Å². The molecule has 0 aromatic heterocycles. The maximum Gasteiger partial charge on any atom is 0.0823 e. The first kappa shape index (κ1) is 10.3. The van der Waals surface area contributed by atoms with Gasteiger partial charge in [-0.2, -0.15) is 0 Å². The molecule has 0 aromatic rings. The Morgan fingerprint density at radius 3 is 2.57 bits per heavy atom. The summed E-state index contributed by atoms with van der Waals surface area (Å²) < 4.78 is 0. The van der Waals surface area contributed by atoms with Crippen molar-refractivity contribution in [2.75, 3.05) is 26.2 Å². The second-order valence-electron chi connectivity index (χ2n) is 4.25. The minimum atomic E-state index is -0.101. The van der Waals surface area contributed by atoms with Crippen molar-refractivity contribution in [3.63, 3.8) is 0 Å². The predicted molar refractivity (Wildman–Crippen MR) is 60.4 cm³/mol. The fourth-order valence-electron chi connectivity index (χ4n) is 2.21. The molecule has 2 aliphatic heterocycles. The second kappa shape index (κ2) is 4.55. The molecule has 80 valence electrons. The number of aliphatic hydroxyl groups excluding tert-OH is 1. The summed E-state index contributed by atoms with van der Waals surface area (Å²) >= 11 is 5.48. The van der Waals surface area contributed by atoms with Crippen molar-refractivity contribution in [2.24, 2.45) is 5.92 Å². The molecule has 0 saturated carbocycles. The summed E-state index contributed by atoms with van der Waals surface area (Å²) in [4.78, 5) is 3.39. The van der Waals surface area contributed by atoms with Crippen molar-refractivity contribution < 1.29 is 5.11 Å². The van der Waals surface area contributed by atoms with Crippen molar-refractivity contribution >= 4 is 17.2 Å². The molecule has 4 heteroatoms. The molecular weight excluding hydrogens is 196 g/mol. The number of thiocarbonyl (C=S) groups is 1. The van der Waals surface area contributed by atoms with Gasteiger partial charge in [0.25, 0.3) is 0 Å². The number of aliphatic hydroxyl groups is 1. The maximum atomic E-state index is 9.39. The zero-order valence-electron chi connectivity index (χ0n) is 8.41.